The highest BCUT2D eigenvalue weighted by molar-refractivity contribution is 6.30. The maximum Gasteiger partial charge on any atom is 0.230 e. The van der Waals surface area contributed by atoms with E-state index < -0.39 is 0 Å². The monoisotopic (exact) mass is 335 g/mol. The maximum absolute atomic E-state index is 7.61. The SMILES string of the molecule is N=C(N/N=C/C1=CCC(Cl)C=C1)N/N=C/c1ccc(Cl)cc1. The predicted molar refractivity (Wildman–Crippen MR) is 93.0 cm³/mol. The number of benzene rings is 1. The molecule has 0 bridgehead atoms. The number of guanidine groups is 1. The van der Waals surface area contributed by atoms with Gasteiger partial charge in [-0.2, -0.15) is 10.2 Å². The van der Waals surface area contributed by atoms with E-state index in [0.717, 1.165) is 17.6 Å². The zero-order valence-electron chi connectivity index (χ0n) is 11.6. The number of nitrogens with one attached hydrogen (secondary N) is 3. The maximum atomic E-state index is 7.61. The topological polar surface area (TPSA) is 72.6 Å². The van der Waals surface area contributed by atoms with Crippen molar-refractivity contribution in [2.24, 2.45) is 10.2 Å². The molecule has 0 fully saturated rings. The van der Waals surface area contributed by atoms with Gasteiger partial charge < -0.3 is 0 Å². The molecular weight excluding hydrogens is 321 g/mol. The van der Waals surface area contributed by atoms with Crippen molar-refractivity contribution in [1.82, 2.24) is 10.9 Å². The molecule has 1 unspecified atom stereocenters. The molecule has 3 N–H and O–H groups in total. The van der Waals surface area contributed by atoms with Gasteiger partial charge in [0.2, 0.25) is 5.96 Å². The van der Waals surface area contributed by atoms with Crippen molar-refractivity contribution in [3.8, 4) is 0 Å². The summed E-state index contributed by atoms with van der Waals surface area (Å²) < 4.78 is 0. The molecule has 1 aliphatic carbocycles. The average molecular weight is 336 g/mol. The van der Waals surface area contributed by atoms with Gasteiger partial charge in [-0.3, -0.25) is 5.41 Å². The Labute approximate surface area is 138 Å². The number of rotatable bonds is 4. The summed E-state index contributed by atoms with van der Waals surface area (Å²) in [4.78, 5) is 0. The van der Waals surface area contributed by atoms with Crippen LogP contribution in [0.3, 0.4) is 0 Å². The zero-order chi connectivity index (χ0) is 15.8. The van der Waals surface area contributed by atoms with Crippen LogP contribution in [0.5, 0.6) is 0 Å². The van der Waals surface area contributed by atoms with Gasteiger partial charge in [0.25, 0.3) is 0 Å². The molecule has 0 saturated carbocycles. The molecule has 0 aliphatic heterocycles. The number of nitrogens with zero attached hydrogens (tertiary/aromatic N) is 2. The minimum Gasteiger partial charge on any atom is -0.266 e. The van der Waals surface area contributed by atoms with Crippen molar-refractivity contribution < 1.29 is 0 Å². The fourth-order valence-corrected chi connectivity index (χ4v) is 1.91. The number of alkyl halides is 1. The quantitative estimate of drug-likeness (QED) is 0.342. The molecule has 1 aliphatic rings. The van der Waals surface area contributed by atoms with Gasteiger partial charge in [0.15, 0.2) is 0 Å². The Bertz CT molecular complexity index is 632. The number of allylic oxidation sites excluding steroid dienone is 4. The van der Waals surface area contributed by atoms with Crippen LogP contribution in [-0.2, 0) is 0 Å². The van der Waals surface area contributed by atoms with Gasteiger partial charge in [-0.05, 0) is 29.7 Å². The molecule has 7 heteroatoms. The summed E-state index contributed by atoms with van der Waals surface area (Å²) >= 11 is 11.7. The molecular formula is C15H15Cl2N5. The van der Waals surface area contributed by atoms with Gasteiger partial charge >= 0.3 is 0 Å². The Morgan fingerprint density at radius 3 is 2.50 bits per heavy atom. The van der Waals surface area contributed by atoms with Crippen molar-refractivity contribution in [3.05, 3.63) is 58.7 Å². The van der Waals surface area contributed by atoms with E-state index >= 15 is 0 Å². The van der Waals surface area contributed by atoms with Gasteiger partial charge in [-0.15, -0.1) is 11.6 Å². The van der Waals surface area contributed by atoms with Crippen LogP contribution in [-0.4, -0.2) is 23.8 Å². The van der Waals surface area contributed by atoms with E-state index in [0.29, 0.717) is 5.02 Å². The van der Waals surface area contributed by atoms with Crippen LogP contribution >= 0.6 is 23.2 Å². The molecule has 0 aromatic heterocycles. The third-order valence-corrected chi connectivity index (χ3v) is 3.30. The second-order valence-electron chi connectivity index (χ2n) is 4.48. The average Bonchev–Trinajstić information content (AvgIpc) is 2.51. The van der Waals surface area contributed by atoms with Crippen molar-refractivity contribution in [1.29, 1.82) is 5.41 Å². The van der Waals surface area contributed by atoms with E-state index in [4.69, 9.17) is 28.6 Å². The normalized spacial score (nSPS) is 17.7. The van der Waals surface area contributed by atoms with Gasteiger partial charge in [0.1, 0.15) is 0 Å². The van der Waals surface area contributed by atoms with E-state index in [2.05, 4.69) is 21.1 Å². The van der Waals surface area contributed by atoms with Gasteiger partial charge in [-0.25, -0.2) is 10.9 Å². The van der Waals surface area contributed by atoms with Crippen LogP contribution in [0.1, 0.15) is 12.0 Å². The molecule has 22 heavy (non-hydrogen) atoms. The van der Waals surface area contributed by atoms with Crippen molar-refractivity contribution in [2.45, 2.75) is 11.8 Å². The van der Waals surface area contributed by atoms with E-state index in [1.165, 1.54) is 0 Å². The van der Waals surface area contributed by atoms with Crippen molar-refractivity contribution in [2.75, 3.05) is 0 Å². The fourth-order valence-electron chi connectivity index (χ4n) is 1.62. The zero-order valence-corrected chi connectivity index (χ0v) is 13.1. The summed E-state index contributed by atoms with van der Waals surface area (Å²) in [5.74, 6) is -0.0305. The minimum absolute atomic E-state index is 0.0305. The molecule has 1 aromatic carbocycles. The molecule has 114 valence electrons. The molecule has 5 nitrogen and oxygen atoms in total. The van der Waals surface area contributed by atoms with Crippen molar-refractivity contribution >= 4 is 41.6 Å². The molecule has 0 radical (unpaired) electrons. The predicted octanol–water partition coefficient (Wildman–Crippen LogP) is 3.27. The lowest BCUT2D eigenvalue weighted by atomic mass is 10.1. The van der Waals surface area contributed by atoms with Crippen LogP contribution in [0.4, 0.5) is 0 Å². The first kappa shape index (κ1) is 16.3. The highest BCUT2D eigenvalue weighted by Crippen LogP contribution is 2.13. The lowest BCUT2D eigenvalue weighted by Crippen LogP contribution is -2.29. The lowest BCUT2D eigenvalue weighted by Gasteiger charge is -2.06. The fraction of sp³-hybridized carbons (Fsp3) is 0.133. The van der Waals surface area contributed by atoms with Crippen LogP contribution < -0.4 is 10.9 Å². The van der Waals surface area contributed by atoms with E-state index in [9.17, 15) is 0 Å². The summed E-state index contributed by atoms with van der Waals surface area (Å²) in [6, 6.07) is 7.20. The Morgan fingerprint density at radius 2 is 1.86 bits per heavy atom. The molecule has 1 atom stereocenters. The molecule has 0 amide bonds. The Kier molecular flexibility index (Phi) is 6.18. The van der Waals surface area contributed by atoms with E-state index in [1.54, 1.807) is 24.6 Å². The summed E-state index contributed by atoms with van der Waals surface area (Å²) in [6.45, 7) is 0. The second-order valence-corrected chi connectivity index (χ2v) is 5.48. The molecule has 0 heterocycles. The highest BCUT2D eigenvalue weighted by atomic mass is 35.5. The van der Waals surface area contributed by atoms with Crippen molar-refractivity contribution in [3.63, 3.8) is 0 Å². The minimum atomic E-state index is -0.0305. The number of hydrogen-bond acceptors (Lipinski definition) is 3. The largest absolute Gasteiger partial charge is 0.266 e. The first-order valence-electron chi connectivity index (χ1n) is 6.58. The second kappa shape index (κ2) is 8.36. The standard InChI is InChI=1S/C15H15Cl2N5/c16-13-5-1-11(2-6-13)9-19-21-15(18)22-20-10-12-3-7-14(17)8-4-12/h1-7,9-10,14H,8H2,(H3,18,21,22)/b19-9+,20-10+. The Hall–Kier alpha value is -2.11. The van der Waals surface area contributed by atoms with Gasteiger partial charge in [-0.1, -0.05) is 42.0 Å². The van der Waals surface area contributed by atoms with Crippen LogP contribution in [0.15, 0.2) is 58.3 Å². The Morgan fingerprint density at radius 1 is 1.18 bits per heavy atom. The molecule has 0 spiro atoms. The summed E-state index contributed by atoms with van der Waals surface area (Å²) in [5.41, 5.74) is 6.88. The van der Waals surface area contributed by atoms with Crippen LogP contribution in [0.2, 0.25) is 5.02 Å². The van der Waals surface area contributed by atoms with E-state index in [1.807, 2.05) is 30.4 Å². The summed E-state index contributed by atoms with van der Waals surface area (Å²) in [6.07, 6.45) is 9.77. The third kappa shape index (κ3) is 5.71. The summed E-state index contributed by atoms with van der Waals surface area (Å²) in [7, 11) is 0. The van der Waals surface area contributed by atoms with E-state index in [-0.39, 0.29) is 11.3 Å². The molecule has 0 saturated heterocycles. The molecule has 1 aromatic rings. The van der Waals surface area contributed by atoms with Gasteiger partial charge in [0, 0.05) is 5.02 Å². The van der Waals surface area contributed by atoms with Crippen LogP contribution in [0, 0.1) is 5.41 Å². The number of halogens is 2. The summed E-state index contributed by atoms with van der Waals surface area (Å²) in [5, 5.41) is 16.2. The smallest absolute Gasteiger partial charge is 0.230 e. The lowest BCUT2D eigenvalue weighted by molar-refractivity contribution is 0.892. The van der Waals surface area contributed by atoms with Gasteiger partial charge in [0.05, 0.1) is 17.8 Å². The number of hydrazone groups is 2. The first-order valence-corrected chi connectivity index (χ1v) is 7.39. The Balaban J connectivity index is 1.74. The third-order valence-electron chi connectivity index (χ3n) is 2.73. The molecule has 2 rings (SSSR count). The first-order chi connectivity index (χ1) is 10.6. The van der Waals surface area contributed by atoms with Crippen LogP contribution in [0.25, 0.3) is 0 Å². The highest BCUT2D eigenvalue weighted by Gasteiger charge is 2.02. The number of hydrogen-bond donors (Lipinski definition) is 3.